The number of nitrogens with one attached hydrogen (secondary N) is 4. The Balaban J connectivity index is 0.000000178. The number of aromatic nitrogens is 5. The van der Waals surface area contributed by atoms with Crippen molar-refractivity contribution in [3.63, 3.8) is 0 Å². The Kier molecular flexibility index (Phi) is 21.8. The van der Waals surface area contributed by atoms with Crippen molar-refractivity contribution in [2.75, 3.05) is 100 Å². The van der Waals surface area contributed by atoms with Gasteiger partial charge in [0.25, 0.3) is 0 Å². The molecular weight excluding hydrogens is 1280 g/mol. The van der Waals surface area contributed by atoms with E-state index in [-0.39, 0.29) is 32.7 Å². The van der Waals surface area contributed by atoms with Gasteiger partial charge < -0.3 is 45.1 Å². The molecule has 0 spiro atoms. The molecule has 4 bridgehead atoms. The fourth-order valence-corrected chi connectivity index (χ4v) is 14.6. The maximum atomic E-state index is 14.8. The van der Waals surface area contributed by atoms with Crippen molar-refractivity contribution in [1.82, 2.24) is 60.1 Å². The van der Waals surface area contributed by atoms with E-state index < -0.39 is 121 Å². The summed E-state index contributed by atoms with van der Waals surface area (Å²) in [6.07, 6.45) is 8.16. The molecule has 5 aliphatic heterocycles. The second-order valence-electron chi connectivity index (χ2n) is 27.4. The van der Waals surface area contributed by atoms with Crippen molar-refractivity contribution in [1.29, 1.82) is 0 Å². The van der Waals surface area contributed by atoms with E-state index in [9.17, 15) is 47.9 Å². The normalized spacial score (nSPS) is 26.6. The largest absolute Gasteiger partial charge is 0.468 e. The van der Waals surface area contributed by atoms with Crippen LogP contribution >= 0.6 is 0 Å². The lowest BCUT2D eigenvalue weighted by atomic mass is 9.54. The molecule has 8 atom stereocenters. The average Bonchev–Trinajstić information content (AvgIpc) is 0.689. The summed E-state index contributed by atoms with van der Waals surface area (Å²) in [6.45, 7) is 9.86. The van der Waals surface area contributed by atoms with Gasteiger partial charge in [-0.2, -0.15) is 0 Å². The van der Waals surface area contributed by atoms with Gasteiger partial charge in [-0.25, -0.2) is 0 Å². The molecule has 11 rings (SSSR count). The molecule has 0 radical (unpaired) electrons. The highest BCUT2D eigenvalue weighted by Crippen LogP contribution is 2.62. The van der Waals surface area contributed by atoms with E-state index in [1.54, 1.807) is 158 Å². The van der Waals surface area contributed by atoms with Crippen molar-refractivity contribution in [2.45, 2.75) is 83.3 Å². The first-order chi connectivity index (χ1) is 47.4. The number of pyridine rings is 5. The molecular formula is C72H86N14O14. The highest BCUT2D eigenvalue weighted by molar-refractivity contribution is 6.19. The van der Waals surface area contributed by atoms with Crippen LogP contribution in [0.5, 0.6) is 0 Å². The number of piperidine rings is 4. The molecule has 100 heavy (non-hydrogen) atoms. The van der Waals surface area contributed by atoms with E-state index in [1.807, 2.05) is 68.9 Å². The second-order valence-corrected chi connectivity index (χ2v) is 27.4. The van der Waals surface area contributed by atoms with Crippen LogP contribution in [0.15, 0.2) is 146 Å². The standard InChI is InChI=1S/C28H29N5O5.C25H31N5O5.C19H26N4O4/c1-32-17-27(25(35)37-2)22(20-11-5-8-14-30-20)33(16-19-10-4-7-13-29-19)23(21-12-6-9-15-31-21)28(18-32,24(27)34)26(36)38-3;1-28(2)16-30-14-24(22(32)34-4)19(17-10-6-8-12-26-17)29(3)20(18-11-7-9-13-27-18)25(15-30,21(24)31)23(33)35-5;1-17(2)13(24)22-18(3,4)15(26)20-11-9-7-8-10-12(11)21-16(27)19(5,6)23-14(17)25/h4-15,22-23H,16-18H2,1-3H3;6-13,19-20H,14-16H2,1-5H3;7-10H,1-6H3,(H,20,26)(H,21,27)(H,22,24)(H,23,25). The van der Waals surface area contributed by atoms with Crippen molar-refractivity contribution >= 4 is 70.4 Å². The fraction of sp³-hybridized carbons (Fsp3) is 0.431. The first-order valence-corrected chi connectivity index (χ1v) is 32.3. The lowest BCUT2D eigenvalue weighted by molar-refractivity contribution is -0.207. The Morgan fingerprint density at radius 2 is 0.770 bits per heavy atom. The van der Waals surface area contributed by atoms with E-state index in [2.05, 4.69) is 46.2 Å². The first-order valence-electron chi connectivity index (χ1n) is 32.3. The van der Waals surface area contributed by atoms with Crippen LogP contribution in [0.3, 0.4) is 0 Å². The van der Waals surface area contributed by atoms with Crippen LogP contribution in [0.2, 0.25) is 0 Å². The number of anilines is 2. The number of carbonyl (C=O) groups excluding carboxylic acids is 10. The molecule has 528 valence electrons. The third kappa shape index (κ3) is 13.3. The number of nitrogens with zero attached hydrogens (tertiary/aromatic N) is 10. The zero-order valence-electron chi connectivity index (χ0n) is 58.6. The molecule has 0 saturated carbocycles. The minimum absolute atomic E-state index is 0.0339. The van der Waals surface area contributed by atoms with Gasteiger partial charge in [-0.05, 0) is 143 Å². The number of amides is 4. The smallest absolute Gasteiger partial charge is 0.322 e. The van der Waals surface area contributed by atoms with E-state index in [1.165, 1.54) is 42.3 Å². The monoisotopic (exact) mass is 1370 g/mol. The van der Waals surface area contributed by atoms with Gasteiger partial charge in [0.1, 0.15) is 16.5 Å². The summed E-state index contributed by atoms with van der Waals surface area (Å²) in [6, 6.07) is 30.3. The van der Waals surface area contributed by atoms with Gasteiger partial charge in [0.15, 0.2) is 33.2 Å². The Morgan fingerprint density at radius 3 is 1.08 bits per heavy atom. The zero-order valence-corrected chi connectivity index (χ0v) is 58.6. The molecule has 0 aliphatic carbocycles. The molecule has 5 aliphatic rings. The molecule has 1 aromatic carbocycles. The Hall–Kier alpha value is -10.1. The van der Waals surface area contributed by atoms with Gasteiger partial charge in [0, 0.05) is 63.7 Å². The fourth-order valence-electron chi connectivity index (χ4n) is 14.6. The van der Waals surface area contributed by atoms with Crippen molar-refractivity contribution in [3.8, 4) is 0 Å². The summed E-state index contributed by atoms with van der Waals surface area (Å²) >= 11 is 0. The summed E-state index contributed by atoms with van der Waals surface area (Å²) < 4.78 is 21.2. The minimum atomic E-state index is -1.77. The van der Waals surface area contributed by atoms with Gasteiger partial charge in [-0.1, -0.05) is 42.5 Å². The van der Waals surface area contributed by atoms with Crippen molar-refractivity contribution in [2.24, 2.45) is 27.1 Å². The number of hydrogen-bond donors (Lipinski definition) is 4. The van der Waals surface area contributed by atoms with Gasteiger partial charge in [-0.15, -0.1) is 0 Å². The number of ether oxygens (including phenoxy) is 4. The maximum absolute atomic E-state index is 14.8. The van der Waals surface area contributed by atoms with Crippen LogP contribution in [0.4, 0.5) is 11.4 Å². The summed E-state index contributed by atoms with van der Waals surface area (Å²) in [5.74, 6) is -6.16. The summed E-state index contributed by atoms with van der Waals surface area (Å²) in [5, 5.41) is 10.7. The Labute approximate surface area is 580 Å². The minimum Gasteiger partial charge on any atom is -0.468 e. The van der Waals surface area contributed by atoms with E-state index in [0.717, 1.165) is 0 Å². The van der Waals surface area contributed by atoms with E-state index in [0.29, 0.717) is 46.5 Å². The molecule has 4 fully saturated rings. The summed E-state index contributed by atoms with van der Waals surface area (Å²) in [5.41, 5.74) is -7.52. The van der Waals surface area contributed by atoms with E-state index in [4.69, 9.17) is 18.9 Å². The molecule has 28 heteroatoms. The highest BCUT2D eigenvalue weighted by atomic mass is 16.5. The van der Waals surface area contributed by atoms with Crippen LogP contribution in [0.25, 0.3) is 0 Å². The predicted octanol–water partition coefficient (Wildman–Crippen LogP) is 4.32. The number of rotatable bonds is 12. The van der Waals surface area contributed by atoms with Crippen LogP contribution in [-0.2, 0) is 73.4 Å². The number of benzene rings is 1. The molecule has 8 unspecified atom stereocenters. The lowest BCUT2D eigenvalue weighted by Gasteiger charge is -2.60. The molecule has 5 aromatic heterocycles. The third-order valence-electron chi connectivity index (χ3n) is 19.1. The molecule has 4 saturated heterocycles. The van der Waals surface area contributed by atoms with E-state index >= 15 is 0 Å². The van der Waals surface area contributed by atoms with Crippen LogP contribution in [0.1, 0.15) is 94.2 Å². The number of likely N-dealkylation sites (tertiary alicyclic amines) is 4. The molecule has 4 N–H and O–H groups in total. The van der Waals surface area contributed by atoms with Crippen LogP contribution < -0.4 is 21.3 Å². The quantitative estimate of drug-likeness (QED) is 0.0753. The second kappa shape index (κ2) is 29.4. The number of para-hydroxylation sites is 2. The number of ketones is 2. The average molecular weight is 1370 g/mol. The number of esters is 4. The number of methoxy groups -OCH3 is 4. The zero-order chi connectivity index (χ0) is 72.9. The summed E-state index contributed by atoms with van der Waals surface area (Å²) in [7, 11) is 12.4. The van der Waals surface area contributed by atoms with Gasteiger partial charge in [0.05, 0.1) is 99.1 Å². The SMILES string of the molecule is CC1(C)NC(=O)C(C)(C)C(=O)NC(C)(C)C(=O)Nc2ccccc2NC1=O.COC(=O)C12CN(C)CC(C(=O)OC)(C1=O)C(c1ccccn1)N(Cc1ccccn1)C2c1ccccn1.COC(=O)C12CN(CN(C)C)CC(C(=O)OC)(C1=O)C(c1ccccn1)N(C)C2c1ccccn1. The summed E-state index contributed by atoms with van der Waals surface area (Å²) in [4.78, 5) is 168. The third-order valence-corrected chi connectivity index (χ3v) is 19.1. The topological polar surface area (TPSA) is 336 Å². The van der Waals surface area contributed by atoms with Gasteiger partial charge >= 0.3 is 23.9 Å². The van der Waals surface area contributed by atoms with Crippen molar-refractivity contribution in [3.05, 3.63) is 175 Å². The Bertz CT molecular complexity index is 3820. The number of Topliss-reactive ketones (excluding diaryl/α,β-unsaturated/α-hetero) is 2. The lowest BCUT2D eigenvalue weighted by Crippen LogP contribution is -2.75. The molecule has 6 aromatic rings. The molecule has 4 amide bonds. The van der Waals surface area contributed by atoms with Crippen LogP contribution in [0, 0.1) is 27.1 Å². The highest BCUT2D eigenvalue weighted by Gasteiger charge is 2.77. The number of carbonyl (C=O) groups is 10. The van der Waals surface area contributed by atoms with Gasteiger partial charge in [0.2, 0.25) is 23.6 Å². The number of fused-ring (bicyclic) bond motifs is 5. The van der Waals surface area contributed by atoms with Crippen LogP contribution in [-0.4, -0.2) is 209 Å². The van der Waals surface area contributed by atoms with Gasteiger partial charge in [-0.3, -0.25) is 92.5 Å². The Morgan fingerprint density at radius 1 is 0.450 bits per heavy atom. The predicted molar refractivity (Wildman–Crippen MR) is 363 cm³/mol. The molecule has 10 heterocycles. The first kappa shape index (κ1) is 74.1. The molecule has 28 nitrogen and oxygen atoms in total. The number of hydrogen-bond acceptors (Lipinski definition) is 24. The van der Waals surface area contributed by atoms with Crippen molar-refractivity contribution < 1.29 is 66.9 Å². The maximum Gasteiger partial charge on any atom is 0.322 e.